The molecule has 0 radical (unpaired) electrons. The van der Waals surface area contributed by atoms with Gasteiger partial charge in [-0.25, -0.2) is 0 Å². The summed E-state index contributed by atoms with van der Waals surface area (Å²) in [6, 6.07) is 0. The summed E-state index contributed by atoms with van der Waals surface area (Å²) in [5.74, 6) is 3.54. The Balaban J connectivity index is 1.85. The van der Waals surface area contributed by atoms with Gasteiger partial charge in [0.25, 0.3) is 0 Å². The Kier molecular flexibility index (Phi) is 9.38. The molecule has 2 fully saturated rings. The fraction of sp³-hybridized carbons (Fsp3) is 0.767. The van der Waals surface area contributed by atoms with Gasteiger partial charge in [0.2, 0.25) is 0 Å². The third kappa shape index (κ3) is 6.80. The second kappa shape index (κ2) is 11.1. The van der Waals surface area contributed by atoms with Crippen LogP contribution in [-0.2, 0) is 0 Å². The van der Waals surface area contributed by atoms with E-state index in [1.165, 1.54) is 76.2 Å². The average Bonchev–Trinajstić information content (AvgIpc) is 2.63. The highest BCUT2D eigenvalue weighted by atomic mass is 14.6. The predicted molar refractivity (Wildman–Crippen MR) is 136 cm³/mol. The lowest BCUT2D eigenvalue weighted by atomic mass is 9.46. The summed E-state index contributed by atoms with van der Waals surface area (Å²) in [6.07, 6.45) is 21.9. The highest BCUT2D eigenvalue weighted by Crippen LogP contribution is 2.62. The third-order valence-corrected chi connectivity index (χ3v) is 8.57. The van der Waals surface area contributed by atoms with Crippen LogP contribution in [0.4, 0.5) is 0 Å². The Labute approximate surface area is 189 Å². The molecule has 170 valence electrons. The maximum absolute atomic E-state index is 2.64. The molecule has 0 aliphatic heterocycles. The summed E-state index contributed by atoms with van der Waals surface area (Å²) >= 11 is 0. The number of hydrogen-bond acceptors (Lipinski definition) is 0. The molecule has 0 nitrogen and oxygen atoms in total. The lowest BCUT2D eigenvalue weighted by Gasteiger charge is -2.55. The molecule has 0 N–H and O–H groups in total. The normalized spacial score (nSPS) is 29.5. The minimum absolute atomic E-state index is 0.535. The van der Waals surface area contributed by atoms with Crippen molar-refractivity contribution in [2.45, 2.75) is 126 Å². The Hall–Kier alpha value is -0.910. The van der Waals surface area contributed by atoms with Gasteiger partial charge in [0.1, 0.15) is 5.92 Å². The molecular formula is C30H51+. The standard InChI is InChI=1S/C30H51/c1-23(2)13-9-14-24(3)15-10-16-25(4)17-11-18-27-26(5)19-20-28-29(6,7)21-12-22-30(27,28)8/h13,15,17,27-28H,9-12,14,16,18-22H2,1-8H3/q+1/b24-15+,25-17+/t27?,28-,30+/m0/s1. The van der Waals surface area contributed by atoms with Gasteiger partial charge >= 0.3 is 0 Å². The van der Waals surface area contributed by atoms with Crippen molar-refractivity contribution >= 4 is 0 Å². The van der Waals surface area contributed by atoms with E-state index in [-0.39, 0.29) is 0 Å². The van der Waals surface area contributed by atoms with Crippen molar-refractivity contribution < 1.29 is 0 Å². The van der Waals surface area contributed by atoms with Gasteiger partial charge < -0.3 is 0 Å². The van der Waals surface area contributed by atoms with E-state index in [2.05, 4.69) is 73.6 Å². The SMILES string of the molecule is CC(C)=CCC/C(C)=C/CC/C(C)=C/CCC1[C+](C)CC[C@H]2C(C)(C)CCC[C@]12C. The van der Waals surface area contributed by atoms with Crippen molar-refractivity contribution in [3.8, 4) is 0 Å². The van der Waals surface area contributed by atoms with Gasteiger partial charge in [0.05, 0.1) is 19.3 Å². The second-order valence-electron chi connectivity index (χ2n) is 11.9. The van der Waals surface area contributed by atoms with Crippen LogP contribution in [0.25, 0.3) is 0 Å². The Bertz CT molecular complexity index is 624. The van der Waals surface area contributed by atoms with Gasteiger partial charge in [0, 0.05) is 5.41 Å². The van der Waals surface area contributed by atoms with Crippen LogP contribution in [0.1, 0.15) is 126 Å². The fourth-order valence-corrected chi connectivity index (χ4v) is 6.82. The molecule has 2 saturated carbocycles. The van der Waals surface area contributed by atoms with Gasteiger partial charge in [-0.05, 0) is 96.8 Å². The molecule has 1 unspecified atom stereocenters. The van der Waals surface area contributed by atoms with Crippen LogP contribution in [0, 0.1) is 28.6 Å². The summed E-state index contributed by atoms with van der Waals surface area (Å²) in [6.45, 7) is 19.2. The second-order valence-corrected chi connectivity index (χ2v) is 11.9. The van der Waals surface area contributed by atoms with Gasteiger partial charge in [0.15, 0.2) is 0 Å². The molecule has 3 atom stereocenters. The van der Waals surface area contributed by atoms with Gasteiger partial charge in [-0.3, -0.25) is 0 Å². The van der Waals surface area contributed by atoms with E-state index in [0.29, 0.717) is 10.8 Å². The Morgan fingerprint density at radius 3 is 2.10 bits per heavy atom. The number of hydrogen-bond donors (Lipinski definition) is 0. The van der Waals surface area contributed by atoms with Crippen LogP contribution in [-0.4, -0.2) is 0 Å². The van der Waals surface area contributed by atoms with Crippen LogP contribution >= 0.6 is 0 Å². The first-order chi connectivity index (χ1) is 14.1. The summed E-state index contributed by atoms with van der Waals surface area (Å²) < 4.78 is 0. The highest BCUT2D eigenvalue weighted by molar-refractivity contribution is 5.12. The zero-order chi connectivity index (χ0) is 22.4. The predicted octanol–water partition coefficient (Wildman–Crippen LogP) is 10.0. The van der Waals surface area contributed by atoms with Crippen molar-refractivity contribution in [2.75, 3.05) is 0 Å². The lowest BCUT2D eigenvalue weighted by Crippen LogP contribution is -2.50. The lowest BCUT2D eigenvalue weighted by molar-refractivity contribution is -0.0641. The van der Waals surface area contributed by atoms with Crippen LogP contribution in [0.15, 0.2) is 34.9 Å². The smallest absolute Gasteiger partial charge is 0.0856 e. The van der Waals surface area contributed by atoms with E-state index in [0.717, 1.165) is 11.8 Å². The summed E-state index contributed by atoms with van der Waals surface area (Å²) in [5, 5.41) is 0. The molecule has 2 rings (SSSR count). The average molecular weight is 412 g/mol. The molecular weight excluding hydrogens is 360 g/mol. The van der Waals surface area contributed by atoms with E-state index >= 15 is 0 Å². The van der Waals surface area contributed by atoms with Gasteiger partial charge in [-0.2, -0.15) is 0 Å². The quantitative estimate of drug-likeness (QED) is 0.261. The maximum atomic E-state index is 2.64. The molecule has 0 heterocycles. The van der Waals surface area contributed by atoms with Gasteiger partial charge in [-0.1, -0.05) is 62.1 Å². The minimum Gasteiger partial charge on any atom is -0.0856 e. The summed E-state index contributed by atoms with van der Waals surface area (Å²) in [7, 11) is 0. The number of rotatable bonds is 9. The van der Waals surface area contributed by atoms with Crippen molar-refractivity contribution in [2.24, 2.45) is 22.7 Å². The molecule has 2 aliphatic rings. The number of fused-ring (bicyclic) bond motifs is 1. The van der Waals surface area contributed by atoms with Gasteiger partial charge in [-0.15, -0.1) is 0 Å². The first-order valence-electron chi connectivity index (χ1n) is 12.8. The first-order valence-corrected chi connectivity index (χ1v) is 12.8. The minimum atomic E-state index is 0.535. The van der Waals surface area contributed by atoms with E-state index in [1.54, 1.807) is 17.1 Å². The zero-order valence-electron chi connectivity index (χ0n) is 21.7. The molecule has 0 aromatic carbocycles. The highest BCUT2D eigenvalue weighted by Gasteiger charge is 2.57. The van der Waals surface area contributed by atoms with E-state index in [4.69, 9.17) is 0 Å². The van der Waals surface area contributed by atoms with E-state index in [9.17, 15) is 0 Å². The third-order valence-electron chi connectivity index (χ3n) is 8.57. The molecule has 0 aromatic rings. The molecule has 0 amide bonds. The first kappa shape index (κ1) is 25.4. The number of allylic oxidation sites excluding steroid dienone is 6. The topological polar surface area (TPSA) is 0 Å². The molecule has 2 aliphatic carbocycles. The van der Waals surface area contributed by atoms with Crippen molar-refractivity contribution in [3.63, 3.8) is 0 Å². The molecule has 0 heteroatoms. The maximum Gasteiger partial charge on any atom is 0.106 e. The summed E-state index contributed by atoms with van der Waals surface area (Å²) in [4.78, 5) is 0. The van der Waals surface area contributed by atoms with Crippen LogP contribution in [0.3, 0.4) is 0 Å². The Morgan fingerprint density at radius 2 is 1.47 bits per heavy atom. The molecule has 30 heavy (non-hydrogen) atoms. The zero-order valence-corrected chi connectivity index (χ0v) is 21.7. The van der Waals surface area contributed by atoms with Crippen molar-refractivity contribution in [3.05, 3.63) is 40.9 Å². The molecule has 0 saturated heterocycles. The van der Waals surface area contributed by atoms with Crippen molar-refractivity contribution in [1.29, 1.82) is 0 Å². The monoisotopic (exact) mass is 411 g/mol. The van der Waals surface area contributed by atoms with Crippen molar-refractivity contribution in [1.82, 2.24) is 0 Å². The summed E-state index contributed by atoms with van der Waals surface area (Å²) in [5.41, 5.74) is 5.64. The molecule has 0 bridgehead atoms. The van der Waals surface area contributed by atoms with E-state index < -0.39 is 0 Å². The molecule has 0 spiro atoms. The van der Waals surface area contributed by atoms with E-state index in [1.807, 2.05) is 0 Å². The fourth-order valence-electron chi connectivity index (χ4n) is 6.82. The molecule has 0 aromatic heterocycles. The van der Waals surface area contributed by atoms with Crippen LogP contribution < -0.4 is 0 Å². The largest absolute Gasteiger partial charge is 0.106 e. The van der Waals surface area contributed by atoms with Crippen LogP contribution in [0.5, 0.6) is 0 Å². The Morgan fingerprint density at radius 1 is 0.867 bits per heavy atom. The van der Waals surface area contributed by atoms with Crippen LogP contribution in [0.2, 0.25) is 0 Å².